The Morgan fingerprint density at radius 1 is 1.44 bits per heavy atom. The van der Waals surface area contributed by atoms with Crippen LogP contribution in [0.15, 0.2) is 18.2 Å². The number of nitrogens with one attached hydrogen (secondary N) is 1. The number of anilines is 1. The first kappa shape index (κ1) is 12.9. The highest BCUT2D eigenvalue weighted by atomic mass is 35.5. The second kappa shape index (κ2) is 5.77. The van der Waals surface area contributed by atoms with E-state index in [1.165, 1.54) is 6.92 Å². The van der Waals surface area contributed by atoms with Gasteiger partial charge < -0.3 is 11.1 Å². The number of hydrogen-bond acceptors (Lipinski definition) is 2. The molecule has 1 aromatic carbocycles. The van der Waals surface area contributed by atoms with E-state index in [1.807, 2.05) is 0 Å². The van der Waals surface area contributed by atoms with Crippen molar-refractivity contribution in [3.63, 3.8) is 0 Å². The van der Waals surface area contributed by atoms with Crippen molar-refractivity contribution >= 4 is 40.9 Å². The van der Waals surface area contributed by atoms with Gasteiger partial charge in [-0.3, -0.25) is 4.79 Å². The zero-order valence-electron chi connectivity index (χ0n) is 8.76. The van der Waals surface area contributed by atoms with Gasteiger partial charge in [0.2, 0.25) is 5.91 Å². The molecular weight excluding hydrogens is 247 g/mol. The molecule has 1 aromatic rings. The summed E-state index contributed by atoms with van der Waals surface area (Å²) in [5.74, 6) is -0.0777. The molecule has 0 radical (unpaired) electrons. The average molecular weight is 259 g/mol. The monoisotopic (exact) mass is 258 g/mol. The smallest absolute Gasteiger partial charge is 0.217 e. The summed E-state index contributed by atoms with van der Waals surface area (Å²) in [6.07, 6.45) is 3.57. The van der Waals surface area contributed by atoms with Crippen molar-refractivity contribution < 1.29 is 4.79 Å². The molecule has 0 unspecified atom stereocenters. The highest BCUT2D eigenvalue weighted by molar-refractivity contribution is 6.36. The van der Waals surface area contributed by atoms with Crippen LogP contribution < -0.4 is 11.1 Å². The summed E-state index contributed by atoms with van der Waals surface area (Å²) < 4.78 is 0. The van der Waals surface area contributed by atoms with Crippen LogP contribution in [0.25, 0.3) is 6.08 Å². The Morgan fingerprint density at radius 2 is 2.12 bits per heavy atom. The minimum atomic E-state index is -0.0777. The molecule has 3 N–H and O–H groups in total. The van der Waals surface area contributed by atoms with E-state index in [9.17, 15) is 4.79 Å². The van der Waals surface area contributed by atoms with Crippen molar-refractivity contribution in [2.24, 2.45) is 0 Å². The largest absolute Gasteiger partial charge is 0.397 e. The van der Waals surface area contributed by atoms with Crippen molar-refractivity contribution in [3.8, 4) is 0 Å². The SMILES string of the molecule is CC(=O)NCC=Cc1cc(Cl)c(N)cc1Cl. The van der Waals surface area contributed by atoms with E-state index in [0.29, 0.717) is 22.3 Å². The second-order valence-corrected chi connectivity index (χ2v) is 4.05. The van der Waals surface area contributed by atoms with Gasteiger partial charge in [-0.1, -0.05) is 35.4 Å². The van der Waals surface area contributed by atoms with Gasteiger partial charge in [-0.15, -0.1) is 0 Å². The third-order valence-corrected chi connectivity index (χ3v) is 2.54. The topological polar surface area (TPSA) is 55.1 Å². The molecule has 0 saturated heterocycles. The van der Waals surface area contributed by atoms with E-state index in [0.717, 1.165) is 5.56 Å². The Balaban J connectivity index is 2.73. The van der Waals surface area contributed by atoms with Gasteiger partial charge in [0.1, 0.15) is 0 Å². The Bertz CT molecular complexity index is 430. The van der Waals surface area contributed by atoms with Crippen LogP contribution in [0.2, 0.25) is 10.0 Å². The number of hydrogen-bond donors (Lipinski definition) is 2. The molecule has 0 atom stereocenters. The maximum Gasteiger partial charge on any atom is 0.217 e. The molecule has 0 saturated carbocycles. The van der Waals surface area contributed by atoms with Crippen LogP contribution in [0.5, 0.6) is 0 Å². The summed E-state index contributed by atoms with van der Waals surface area (Å²) in [6, 6.07) is 3.28. The van der Waals surface area contributed by atoms with E-state index in [4.69, 9.17) is 28.9 Å². The normalized spacial score (nSPS) is 10.7. The number of rotatable bonds is 3. The van der Waals surface area contributed by atoms with Crippen molar-refractivity contribution in [1.82, 2.24) is 5.32 Å². The van der Waals surface area contributed by atoms with Crippen LogP contribution in [-0.4, -0.2) is 12.5 Å². The Hall–Kier alpha value is -1.19. The van der Waals surface area contributed by atoms with Crippen LogP contribution in [0.4, 0.5) is 5.69 Å². The number of amides is 1. The first-order valence-electron chi connectivity index (χ1n) is 4.66. The standard InChI is InChI=1S/C11H12Cl2N2O/c1-7(16)15-4-2-3-8-5-10(13)11(14)6-9(8)12/h2-3,5-6H,4,14H2,1H3,(H,15,16). The van der Waals surface area contributed by atoms with E-state index >= 15 is 0 Å². The molecule has 3 nitrogen and oxygen atoms in total. The molecule has 1 rings (SSSR count). The van der Waals surface area contributed by atoms with Crippen LogP contribution in [-0.2, 0) is 4.79 Å². The fraction of sp³-hybridized carbons (Fsp3) is 0.182. The van der Waals surface area contributed by atoms with E-state index in [2.05, 4.69) is 5.32 Å². The average Bonchev–Trinajstić information content (AvgIpc) is 2.19. The number of halogens is 2. The lowest BCUT2D eigenvalue weighted by molar-refractivity contribution is -0.118. The van der Waals surface area contributed by atoms with Gasteiger partial charge in [0.25, 0.3) is 0 Å². The maximum atomic E-state index is 10.6. The molecule has 0 aliphatic heterocycles. The molecule has 0 bridgehead atoms. The fourth-order valence-electron chi connectivity index (χ4n) is 1.09. The first-order valence-corrected chi connectivity index (χ1v) is 5.42. The van der Waals surface area contributed by atoms with Gasteiger partial charge in [-0.25, -0.2) is 0 Å². The second-order valence-electron chi connectivity index (χ2n) is 3.23. The minimum Gasteiger partial charge on any atom is -0.397 e. The number of carbonyl (C=O) groups is 1. The Labute approximate surface area is 104 Å². The third kappa shape index (κ3) is 3.76. The summed E-state index contributed by atoms with van der Waals surface area (Å²) in [5.41, 5.74) is 6.81. The van der Waals surface area contributed by atoms with Crippen molar-refractivity contribution in [2.75, 3.05) is 12.3 Å². The molecule has 0 fully saturated rings. The third-order valence-electron chi connectivity index (χ3n) is 1.88. The molecule has 0 aromatic heterocycles. The first-order chi connectivity index (χ1) is 7.50. The van der Waals surface area contributed by atoms with Gasteiger partial charge in [0.05, 0.1) is 10.7 Å². The van der Waals surface area contributed by atoms with Gasteiger partial charge in [-0.2, -0.15) is 0 Å². The van der Waals surface area contributed by atoms with Gasteiger partial charge in [-0.05, 0) is 17.7 Å². The lowest BCUT2D eigenvalue weighted by atomic mass is 10.2. The summed E-state index contributed by atoms with van der Waals surface area (Å²) in [6.45, 7) is 1.91. The van der Waals surface area contributed by atoms with Crippen molar-refractivity contribution in [1.29, 1.82) is 0 Å². The van der Waals surface area contributed by atoms with E-state index in [-0.39, 0.29) is 5.91 Å². The molecule has 0 aliphatic rings. The highest BCUT2D eigenvalue weighted by Gasteiger charge is 2.02. The van der Waals surface area contributed by atoms with Crippen LogP contribution in [0, 0.1) is 0 Å². The molecule has 0 spiro atoms. The quantitative estimate of drug-likeness (QED) is 0.820. The summed E-state index contributed by atoms with van der Waals surface area (Å²) >= 11 is 11.8. The molecular formula is C11H12Cl2N2O. The van der Waals surface area contributed by atoms with Gasteiger partial charge in [0, 0.05) is 18.5 Å². The zero-order valence-corrected chi connectivity index (χ0v) is 10.3. The predicted molar refractivity (Wildman–Crippen MR) is 68.6 cm³/mol. The van der Waals surface area contributed by atoms with Crippen LogP contribution in [0.3, 0.4) is 0 Å². The predicted octanol–water partition coefficient (Wildman–Crippen LogP) is 2.72. The lowest BCUT2D eigenvalue weighted by Crippen LogP contribution is -2.19. The fourth-order valence-corrected chi connectivity index (χ4v) is 1.50. The number of nitrogens with two attached hydrogens (primary N) is 1. The Kier molecular flexibility index (Phi) is 4.65. The number of carbonyl (C=O) groups excluding carboxylic acids is 1. The van der Waals surface area contributed by atoms with E-state index < -0.39 is 0 Å². The van der Waals surface area contributed by atoms with Crippen LogP contribution >= 0.6 is 23.2 Å². The number of benzene rings is 1. The molecule has 16 heavy (non-hydrogen) atoms. The molecule has 5 heteroatoms. The molecule has 1 amide bonds. The summed E-state index contributed by atoms with van der Waals surface area (Å²) in [4.78, 5) is 10.6. The van der Waals surface area contributed by atoms with Gasteiger partial charge in [0.15, 0.2) is 0 Å². The van der Waals surface area contributed by atoms with Crippen molar-refractivity contribution in [2.45, 2.75) is 6.92 Å². The lowest BCUT2D eigenvalue weighted by Gasteiger charge is -2.03. The number of nitrogen functional groups attached to an aromatic ring is 1. The summed E-state index contributed by atoms with van der Waals surface area (Å²) in [5, 5.41) is 3.63. The zero-order chi connectivity index (χ0) is 12.1. The maximum absolute atomic E-state index is 10.6. The Morgan fingerprint density at radius 3 is 2.75 bits per heavy atom. The summed E-state index contributed by atoms with van der Waals surface area (Å²) in [7, 11) is 0. The van der Waals surface area contributed by atoms with E-state index in [1.54, 1.807) is 24.3 Å². The highest BCUT2D eigenvalue weighted by Crippen LogP contribution is 2.27. The van der Waals surface area contributed by atoms with Crippen molar-refractivity contribution in [3.05, 3.63) is 33.8 Å². The molecule has 86 valence electrons. The molecule has 0 heterocycles. The minimum absolute atomic E-state index is 0.0777. The molecule has 0 aliphatic carbocycles. The van der Waals surface area contributed by atoms with Crippen LogP contribution in [0.1, 0.15) is 12.5 Å². The van der Waals surface area contributed by atoms with Gasteiger partial charge >= 0.3 is 0 Å².